The molecule has 0 radical (unpaired) electrons. The molecule has 1 saturated heterocycles. The highest BCUT2D eigenvalue weighted by Crippen LogP contribution is 2.21. The quantitative estimate of drug-likeness (QED) is 0.837. The Hall–Kier alpha value is -0.900. The summed E-state index contributed by atoms with van der Waals surface area (Å²) < 4.78 is 0. The minimum Gasteiger partial charge on any atom is -0.392 e. The van der Waals surface area contributed by atoms with Gasteiger partial charge in [0.05, 0.1) is 6.10 Å². The van der Waals surface area contributed by atoms with E-state index in [1.54, 1.807) is 0 Å². The molecule has 2 unspecified atom stereocenters. The lowest BCUT2D eigenvalue weighted by Gasteiger charge is -2.23. The van der Waals surface area contributed by atoms with Crippen LogP contribution >= 0.6 is 0 Å². The van der Waals surface area contributed by atoms with E-state index < -0.39 is 0 Å². The highest BCUT2D eigenvalue weighted by molar-refractivity contribution is 5.30. The molecule has 1 aromatic rings. The molecule has 0 amide bonds. The van der Waals surface area contributed by atoms with Gasteiger partial charge in [-0.15, -0.1) is 0 Å². The van der Waals surface area contributed by atoms with Crippen molar-refractivity contribution >= 4 is 0 Å². The Kier molecular flexibility index (Phi) is 5.58. The van der Waals surface area contributed by atoms with Crippen molar-refractivity contribution in [2.24, 2.45) is 0 Å². The molecule has 0 aliphatic carbocycles. The number of benzene rings is 1. The van der Waals surface area contributed by atoms with E-state index in [1.165, 1.54) is 16.7 Å². The van der Waals surface area contributed by atoms with Crippen LogP contribution in [0.25, 0.3) is 0 Å². The smallest absolute Gasteiger partial charge is 0.0679 e. The Bertz CT molecular complexity index is 413. The van der Waals surface area contributed by atoms with Crippen molar-refractivity contribution in [2.75, 3.05) is 26.2 Å². The average molecular weight is 276 g/mol. The van der Waals surface area contributed by atoms with Crippen LogP contribution in [-0.4, -0.2) is 42.3 Å². The fourth-order valence-electron chi connectivity index (χ4n) is 3.17. The van der Waals surface area contributed by atoms with Crippen molar-refractivity contribution in [3.8, 4) is 0 Å². The molecule has 3 heteroatoms. The molecule has 0 spiro atoms. The molecule has 1 heterocycles. The Morgan fingerprint density at radius 1 is 1.30 bits per heavy atom. The first-order valence-electron chi connectivity index (χ1n) is 7.80. The molecule has 1 aliphatic heterocycles. The Morgan fingerprint density at radius 2 is 2.00 bits per heavy atom. The first kappa shape index (κ1) is 15.5. The van der Waals surface area contributed by atoms with Gasteiger partial charge < -0.3 is 15.3 Å². The van der Waals surface area contributed by atoms with Crippen LogP contribution in [0, 0.1) is 13.8 Å². The fraction of sp³-hybridized carbons (Fsp3) is 0.647. The van der Waals surface area contributed by atoms with Gasteiger partial charge >= 0.3 is 0 Å². The predicted molar refractivity (Wildman–Crippen MR) is 84.0 cm³/mol. The minimum atomic E-state index is -0.117. The van der Waals surface area contributed by atoms with Crippen LogP contribution in [-0.2, 0) is 0 Å². The van der Waals surface area contributed by atoms with Crippen molar-refractivity contribution in [1.29, 1.82) is 0 Å². The van der Waals surface area contributed by atoms with Gasteiger partial charge in [-0.05, 0) is 38.8 Å². The lowest BCUT2D eigenvalue weighted by atomic mass is 9.99. The highest BCUT2D eigenvalue weighted by Gasteiger charge is 2.21. The van der Waals surface area contributed by atoms with Crippen LogP contribution in [0.1, 0.15) is 42.5 Å². The van der Waals surface area contributed by atoms with Crippen LogP contribution in [0.2, 0.25) is 0 Å². The summed E-state index contributed by atoms with van der Waals surface area (Å²) in [6.07, 6.45) is 1.91. The molecule has 2 rings (SSSR count). The normalized spacial score (nSPS) is 21.3. The van der Waals surface area contributed by atoms with Crippen LogP contribution < -0.4 is 5.32 Å². The molecule has 2 atom stereocenters. The summed E-state index contributed by atoms with van der Waals surface area (Å²) in [5.41, 5.74) is 4.06. The van der Waals surface area contributed by atoms with Crippen molar-refractivity contribution in [3.05, 3.63) is 34.9 Å². The Labute approximate surface area is 123 Å². The lowest BCUT2D eigenvalue weighted by molar-refractivity contribution is 0.174. The van der Waals surface area contributed by atoms with Gasteiger partial charge in [-0.2, -0.15) is 0 Å². The van der Waals surface area contributed by atoms with Gasteiger partial charge in [0.15, 0.2) is 0 Å². The second-order valence-corrected chi connectivity index (χ2v) is 6.06. The summed E-state index contributed by atoms with van der Waals surface area (Å²) in [5.74, 6) is 0. The van der Waals surface area contributed by atoms with Gasteiger partial charge in [-0.3, -0.25) is 0 Å². The minimum absolute atomic E-state index is 0.117. The maximum Gasteiger partial charge on any atom is 0.0679 e. The van der Waals surface area contributed by atoms with E-state index in [-0.39, 0.29) is 6.10 Å². The first-order chi connectivity index (χ1) is 9.58. The number of β-amino-alcohol motifs (C(OH)–C–C–N with tert-alkyl or cyclic N) is 1. The molecule has 20 heavy (non-hydrogen) atoms. The van der Waals surface area contributed by atoms with Crippen LogP contribution in [0.15, 0.2) is 18.2 Å². The summed E-state index contributed by atoms with van der Waals surface area (Å²) in [5, 5.41) is 13.2. The van der Waals surface area contributed by atoms with E-state index in [4.69, 9.17) is 0 Å². The van der Waals surface area contributed by atoms with Crippen molar-refractivity contribution in [1.82, 2.24) is 10.2 Å². The monoisotopic (exact) mass is 276 g/mol. The maximum absolute atomic E-state index is 9.60. The van der Waals surface area contributed by atoms with Crippen LogP contribution in [0.4, 0.5) is 0 Å². The van der Waals surface area contributed by atoms with E-state index in [0.29, 0.717) is 6.04 Å². The zero-order valence-corrected chi connectivity index (χ0v) is 13.0. The van der Waals surface area contributed by atoms with Crippen molar-refractivity contribution in [2.45, 2.75) is 45.8 Å². The van der Waals surface area contributed by atoms with E-state index in [9.17, 15) is 5.11 Å². The van der Waals surface area contributed by atoms with Gasteiger partial charge in [-0.25, -0.2) is 0 Å². The number of nitrogens with zero attached hydrogens (tertiary/aromatic N) is 1. The second-order valence-electron chi connectivity index (χ2n) is 6.06. The highest BCUT2D eigenvalue weighted by atomic mass is 16.3. The summed E-state index contributed by atoms with van der Waals surface area (Å²) >= 11 is 0. The second kappa shape index (κ2) is 7.21. The zero-order valence-electron chi connectivity index (χ0n) is 13.0. The van der Waals surface area contributed by atoms with E-state index >= 15 is 0 Å². The largest absolute Gasteiger partial charge is 0.392 e. The summed E-state index contributed by atoms with van der Waals surface area (Å²) in [4.78, 5) is 2.37. The van der Waals surface area contributed by atoms with Gasteiger partial charge in [0.25, 0.3) is 0 Å². The molecule has 0 aromatic heterocycles. The molecule has 112 valence electrons. The van der Waals surface area contributed by atoms with Gasteiger partial charge in [0.1, 0.15) is 0 Å². The van der Waals surface area contributed by atoms with Gasteiger partial charge in [0.2, 0.25) is 0 Å². The fourth-order valence-corrected chi connectivity index (χ4v) is 3.17. The summed E-state index contributed by atoms with van der Waals surface area (Å²) in [6, 6.07) is 7.22. The third-order valence-electron chi connectivity index (χ3n) is 4.08. The van der Waals surface area contributed by atoms with Crippen molar-refractivity contribution < 1.29 is 5.11 Å². The average Bonchev–Trinajstić information content (AvgIpc) is 2.79. The number of likely N-dealkylation sites (tertiary alicyclic amines) is 1. The Balaban J connectivity index is 1.98. The SMILES string of the molecule is CCNC(CCN1CCC(O)C1)c1cc(C)cc(C)c1. The first-order valence-corrected chi connectivity index (χ1v) is 7.80. The molecule has 0 saturated carbocycles. The topological polar surface area (TPSA) is 35.5 Å². The van der Waals surface area contributed by atoms with Crippen molar-refractivity contribution in [3.63, 3.8) is 0 Å². The molecule has 1 aliphatic rings. The summed E-state index contributed by atoms with van der Waals surface area (Å²) in [6.45, 7) is 10.4. The van der Waals surface area contributed by atoms with Crippen LogP contribution in [0.3, 0.4) is 0 Å². The molecule has 1 fully saturated rings. The van der Waals surface area contributed by atoms with E-state index in [2.05, 4.69) is 49.2 Å². The number of aryl methyl sites for hydroxylation is 2. The standard InChI is InChI=1S/C17H28N2O/c1-4-18-17(6-8-19-7-5-16(20)12-19)15-10-13(2)9-14(3)11-15/h9-11,16-18,20H,4-8,12H2,1-3H3. The van der Waals surface area contributed by atoms with Gasteiger partial charge in [-0.1, -0.05) is 36.2 Å². The number of hydrogen-bond donors (Lipinski definition) is 2. The lowest BCUT2D eigenvalue weighted by Crippen LogP contribution is -2.29. The third-order valence-corrected chi connectivity index (χ3v) is 4.08. The predicted octanol–water partition coefficient (Wildman–Crippen LogP) is 2.41. The number of nitrogens with one attached hydrogen (secondary N) is 1. The number of rotatable bonds is 6. The van der Waals surface area contributed by atoms with E-state index in [0.717, 1.165) is 39.0 Å². The molecule has 1 aromatic carbocycles. The molecule has 2 N–H and O–H groups in total. The number of aliphatic hydroxyl groups is 1. The number of aliphatic hydroxyl groups excluding tert-OH is 1. The Morgan fingerprint density at radius 3 is 2.55 bits per heavy atom. The molecular formula is C17H28N2O. The maximum atomic E-state index is 9.60. The molecular weight excluding hydrogens is 248 g/mol. The van der Waals surface area contributed by atoms with Crippen LogP contribution in [0.5, 0.6) is 0 Å². The molecule has 3 nitrogen and oxygen atoms in total. The third kappa shape index (κ3) is 4.30. The molecule has 0 bridgehead atoms. The summed E-state index contributed by atoms with van der Waals surface area (Å²) in [7, 11) is 0. The zero-order chi connectivity index (χ0) is 14.5. The van der Waals surface area contributed by atoms with E-state index in [1.807, 2.05) is 0 Å². The van der Waals surface area contributed by atoms with Gasteiger partial charge in [0, 0.05) is 25.7 Å². The number of hydrogen-bond acceptors (Lipinski definition) is 3.